The summed E-state index contributed by atoms with van der Waals surface area (Å²) < 4.78 is 0. The third kappa shape index (κ3) is 2.91. The molecule has 0 unspecified atom stereocenters. The van der Waals surface area contributed by atoms with Gasteiger partial charge < -0.3 is 11.1 Å². The number of hydrogen-bond donors (Lipinski definition) is 2. The molecule has 0 spiro atoms. The van der Waals surface area contributed by atoms with Crippen LogP contribution in [-0.2, 0) is 0 Å². The van der Waals surface area contributed by atoms with Gasteiger partial charge in [0.25, 0.3) is 5.91 Å². The molecule has 1 aromatic carbocycles. The van der Waals surface area contributed by atoms with Gasteiger partial charge in [-0.15, -0.1) is 0 Å². The van der Waals surface area contributed by atoms with E-state index < -0.39 is 0 Å². The highest BCUT2D eigenvalue weighted by Crippen LogP contribution is 2.17. The molecule has 0 aliphatic heterocycles. The van der Waals surface area contributed by atoms with Gasteiger partial charge in [0.05, 0.1) is 11.9 Å². The standard InChI is InChI=1S/C15H17N3O/c1-9-4-5-10(2)13(6-9)15(19)18-14-11(3)7-12(16)8-17-14/h4-8H,16H2,1-3H3,(H,17,18,19). The molecule has 4 nitrogen and oxygen atoms in total. The van der Waals surface area contributed by atoms with Gasteiger partial charge in [-0.2, -0.15) is 0 Å². The van der Waals surface area contributed by atoms with E-state index in [2.05, 4.69) is 10.3 Å². The molecular weight excluding hydrogens is 238 g/mol. The van der Waals surface area contributed by atoms with Gasteiger partial charge in [-0.05, 0) is 44.0 Å². The van der Waals surface area contributed by atoms with Crippen molar-refractivity contribution in [1.29, 1.82) is 0 Å². The highest BCUT2D eigenvalue weighted by atomic mass is 16.1. The number of benzene rings is 1. The van der Waals surface area contributed by atoms with E-state index in [1.54, 1.807) is 6.07 Å². The molecule has 0 atom stereocenters. The lowest BCUT2D eigenvalue weighted by Gasteiger charge is -2.10. The maximum absolute atomic E-state index is 12.2. The summed E-state index contributed by atoms with van der Waals surface area (Å²) in [5, 5.41) is 2.82. The number of amides is 1. The molecule has 0 fully saturated rings. The molecule has 1 heterocycles. The van der Waals surface area contributed by atoms with Crippen LogP contribution in [0.5, 0.6) is 0 Å². The summed E-state index contributed by atoms with van der Waals surface area (Å²) in [4.78, 5) is 16.4. The van der Waals surface area contributed by atoms with Crippen molar-refractivity contribution in [3.05, 3.63) is 52.7 Å². The van der Waals surface area contributed by atoms with E-state index in [9.17, 15) is 4.79 Å². The van der Waals surface area contributed by atoms with Crippen molar-refractivity contribution < 1.29 is 4.79 Å². The van der Waals surface area contributed by atoms with E-state index in [0.717, 1.165) is 16.7 Å². The lowest BCUT2D eigenvalue weighted by atomic mass is 10.1. The van der Waals surface area contributed by atoms with E-state index in [-0.39, 0.29) is 5.91 Å². The first kappa shape index (κ1) is 13.1. The number of aryl methyl sites for hydroxylation is 3. The van der Waals surface area contributed by atoms with Crippen molar-refractivity contribution in [2.75, 3.05) is 11.1 Å². The monoisotopic (exact) mass is 255 g/mol. The number of nitrogens with zero attached hydrogens (tertiary/aromatic N) is 1. The van der Waals surface area contributed by atoms with Crippen LogP contribution >= 0.6 is 0 Å². The summed E-state index contributed by atoms with van der Waals surface area (Å²) >= 11 is 0. The van der Waals surface area contributed by atoms with Gasteiger partial charge >= 0.3 is 0 Å². The minimum atomic E-state index is -0.151. The minimum Gasteiger partial charge on any atom is -0.397 e. The van der Waals surface area contributed by atoms with E-state index in [1.807, 2.05) is 39.0 Å². The maximum Gasteiger partial charge on any atom is 0.257 e. The molecule has 0 saturated carbocycles. The van der Waals surface area contributed by atoms with Gasteiger partial charge in [-0.25, -0.2) is 4.98 Å². The molecule has 1 amide bonds. The van der Waals surface area contributed by atoms with Crippen LogP contribution in [0.15, 0.2) is 30.5 Å². The normalized spacial score (nSPS) is 10.3. The zero-order valence-electron chi connectivity index (χ0n) is 11.3. The molecule has 1 aromatic heterocycles. The number of nitrogens with two attached hydrogens (primary N) is 1. The first-order chi connectivity index (χ1) is 8.97. The predicted molar refractivity (Wildman–Crippen MR) is 77.3 cm³/mol. The SMILES string of the molecule is Cc1ccc(C)c(C(=O)Nc2ncc(N)cc2C)c1. The smallest absolute Gasteiger partial charge is 0.257 e. The molecule has 3 N–H and O–H groups in total. The van der Waals surface area contributed by atoms with Gasteiger partial charge in [-0.3, -0.25) is 4.79 Å². The van der Waals surface area contributed by atoms with E-state index in [4.69, 9.17) is 5.73 Å². The molecule has 0 aliphatic rings. The zero-order valence-corrected chi connectivity index (χ0v) is 11.3. The molecule has 0 saturated heterocycles. The number of hydrogen-bond acceptors (Lipinski definition) is 3. The summed E-state index contributed by atoms with van der Waals surface area (Å²) in [7, 11) is 0. The molecule has 0 radical (unpaired) electrons. The molecule has 2 aromatic rings. The molecule has 0 aliphatic carbocycles. The second-order valence-corrected chi connectivity index (χ2v) is 4.71. The number of aromatic nitrogens is 1. The maximum atomic E-state index is 12.2. The zero-order chi connectivity index (χ0) is 14.0. The Balaban J connectivity index is 2.28. The van der Waals surface area contributed by atoms with Gasteiger partial charge in [0.2, 0.25) is 0 Å². The first-order valence-corrected chi connectivity index (χ1v) is 6.08. The molecule has 2 rings (SSSR count). The Kier molecular flexibility index (Phi) is 3.51. The van der Waals surface area contributed by atoms with Crippen molar-refractivity contribution in [3.8, 4) is 0 Å². The molecular formula is C15H17N3O. The summed E-state index contributed by atoms with van der Waals surface area (Å²) in [5.41, 5.74) is 9.73. The van der Waals surface area contributed by atoms with Crippen LogP contribution in [0.2, 0.25) is 0 Å². The van der Waals surface area contributed by atoms with Crippen LogP contribution in [0, 0.1) is 20.8 Å². The van der Waals surface area contributed by atoms with Gasteiger partial charge in [0, 0.05) is 5.56 Å². The minimum absolute atomic E-state index is 0.151. The topological polar surface area (TPSA) is 68.0 Å². The fourth-order valence-electron chi connectivity index (χ4n) is 1.88. The van der Waals surface area contributed by atoms with Gasteiger partial charge in [0.1, 0.15) is 5.82 Å². The van der Waals surface area contributed by atoms with Crippen molar-refractivity contribution >= 4 is 17.4 Å². The average molecular weight is 255 g/mol. The van der Waals surface area contributed by atoms with E-state index in [1.165, 1.54) is 6.20 Å². The lowest BCUT2D eigenvalue weighted by molar-refractivity contribution is 0.102. The largest absolute Gasteiger partial charge is 0.397 e. The molecule has 0 bridgehead atoms. The Bertz CT molecular complexity index is 635. The van der Waals surface area contributed by atoms with Crippen LogP contribution in [-0.4, -0.2) is 10.9 Å². The Morgan fingerprint density at radius 1 is 1.16 bits per heavy atom. The number of pyridine rings is 1. The first-order valence-electron chi connectivity index (χ1n) is 6.08. The van der Waals surface area contributed by atoms with Crippen LogP contribution < -0.4 is 11.1 Å². The van der Waals surface area contributed by atoms with Crippen LogP contribution in [0.25, 0.3) is 0 Å². The predicted octanol–water partition coefficient (Wildman–Crippen LogP) is 2.84. The fraction of sp³-hybridized carbons (Fsp3) is 0.200. The van der Waals surface area contributed by atoms with Crippen LogP contribution in [0.3, 0.4) is 0 Å². The highest BCUT2D eigenvalue weighted by Gasteiger charge is 2.11. The Morgan fingerprint density at radius 2 is 1.89 bits per heavy atom. The van der Waals surface area contributed by atoms with Crippen molar-refractivity contribution in [2.45, 2.75) is 20.8 Å². The van der Waals surface area contributed by atoms with Crippen LogP contribution in [0.4, 0.5) is 11.5 Å². The molecule has 4 heteroatoms. The summed E-state index contributed by atoms with van der Waals surface area (Å²) in [6, 6.07) is 7.58. The molecule has 98 valence electrons. The number of carbonyl (C=O) groups is 1. The second kappa shape index (κ2) is 5.10. The summed E-state index contributed by atoms with van der Waals surface area (Å²) in [6.07, 6.45) is 1.53. The molecule has 19 heavy (non-hydrogen) atoms. The number of rotatable bonds is 2. The average Bonchev–Trinajstić information content (AvgIpc) is 2.35. The second-order valence-electron chi connectivity index (χ2n) is 4.71. The Morgan fingerprint density at radius 3 is 2.58 bits per heavy atom. The van der Waals surface area contributed by atoms with Crippen molar-refractivity contribution in [3.63, 3.8) is 0 Å². The number of anilines is 2. The number of nitrogens with one attached hydrogen (secondary N) is 1. The quantitative estimate of drug-likeness (QED) is 0.867. The summed E-state index contributed by atoms with van der Waals surface area (Å²) in [6.45, 7) is 5.74. The van der Waals surface area contributed by atoms with Crippen LogP contribution in [0.1, 0.15) is 27.0 Å². The van der Waals surface area contributed by atoms with Crippen molar-refractivity contribution in [1.82, 2.24) is 4.98 Å². The third-order valence-electron chi connectivity index (χ3n) is 2.97. The van der Waals surface area contributed by atoms with Crippen molar-refractivity contribution in [2.24, 2.45) is 0 Å². The fourth-order valence-corrected chi connectivity index (χ4v) is 1.88. The Labute approximate surface area is 112 Å². The summed E-state index contributed by atoms with van der Waals surface area (Å²) in [5.74, 6) is 0.390. The van der Waals surface area contributed by atoms with E-state index in [0.29, 0.717) is 17.1 Å². The van der Waals surface area contributed by atoms with Gasteiger partial charge in [-0.1, -0.05) is 17.7 Å². The number of carbonyl (C=O) groups excluding carboxylic acids is 1. The van der Waals surface area contributed by atoms with Gasteiger partial charge in [0.15, 0.2) is 0 Å². The lowest BCUT2D eigenvalue weighted by Crippen LogP contribution is -2.15. The third-order valence-corrected chi connectivity index (χ3v) is 2.97. The highest BCUT2D eigenvalue weighted by molar-refractivity contribution is 6.05. The Hall–Kier alpha value is -2.36. The van der Waals surface area contributed by atoms with E-state index >= 15 is 0 Å². The number of nitrogen functional groups attached to an aromatic ring is 1.